The number of nitro groups is 1. The van der Waals surface area contributed by atoms with Gasteiger partial charge in [-0.05, 0) is 30.5 Å². The van der Waals surface area contributed by atoms with Gasteiger partial charge in [0.1, 0.15) is 0 Å². The van der Waals surface area contributed by atoms with E-state index in [2.05, 4.69) is 24.4 Å². The maximum absolute atomic E-state index is 10.8. The first-order valence-electron chi connectivity index (χ1n) is 6.76. The molecule has 0 aromatic heterocycles. The van der Waals surface area contributed by atoms with E-state index in [1.807, 2.05) is 18.2 Å². The minimum atomic E-state index is -0.409. The smallest absolute Gasteiger partial charge is 0.269 e. The first-order chi connectivity index (χ1) is 10.1. The monoisotopic (exact) mass is 304 g/mol. The van der Waals surface area contributed by atoms with Crippen molar-refractivity contribution in [1.29, 1.82) is 0 Å². The Labute approximate surface area is 128 Å². The molecule has 0 bridgehead atoms. The van der Waals surface area contributed by atoms with E-state index >= 15 is 0 Å². The Morgan fingerprint density at radius 2 is 1.95 bits per heavy atom. The molecule has 21 heavy (non-hydrogen) atoms. The molecule has 1 N–H and O–H groups in total. The van der Waals surface area contributed by atoms with Crippen LogP contribution in [0.5, 0.6) is 0 Å². The molecular weight excluding hydrogens is 288 g/mol. The highest BCUT2D eigenvalue weighted by molar-refractivity contribution is 6.31. The number of benzene rings is 2. The number of rotatable bonds is 6. The lowest BCUT2D eigenvalue weighted by atomic mass is 10.1. The van der Waals surface area contributed by atoms with Gasteiger partial charge in [0.05, 0.1) is 4.92 Å². The number of nitrogens with one attached hydrogen (secondary N) is 1. The Morgan fingerprint density at radius 1 is 1.24 bits per heavy atom. The van der Waals surface area contributed by atoms with Crippen LogP contribution in [0.15, 0.2) is 48.5 Å². The molecule has 1 atom stereocenters. The van der Waals surface area contributed by atoms with Crippen molar-refractivity contribution in [3.63, 3.8) is 0 Å². The van der Waals surface area contributed by atoms with E-state index in [9.17, 15) is 10.1 Å². The molecule has 0 aliphatic carbocycles. The predicted molar refractivity (Wildman–Crippen MR) is 84.6 cm³/mol. The SMILES string of the molecule is CC(Cc1ccccc1)NCc1cc([N+](=O)[O-])ccc1Cl. The lowest BCUT2D eigenvalue weighted by Crippen LogP contribution is -2.27. The van der Waals surface area contributed by atoms with Gasteiger partial charge >= 0.3 is 0 Å². The molecule has 0 spiro atoms. The van der Waals surface area contributed by atoms with E-state index in [4.69, 9.17) is 11.6 Å². The minimum Gasteiger partial charge on any atom is -0.310 e. The van der Waals surface area contributed by atoms with Crippen molar-refractivity contribution < 1.29 is 4.92 Å². The molecular formula is C16H17ClN2O2. The van der Waals surface area contributed by atoms with Crippen LogP contribution < -0.4 is 5.32 Å². The second kappa shape index (κ2) is 7.20. The highest BCUT2D eigenvalue weighted by atomic mass is 35.5. The Hall–Kier alpha value is -1.91. The van der Waals surface area contributed by atoms with Gasteiger partial charge in [0.15, 0.2) is 0 Å². The molecule has 0 saturated carbocycles. The average Bonchev–Trinajstić information content (AvgIpc) is 2.47. The van der Waals surface area contributed by atoms with Crippen LogP contribution in [0.1, 0.15) is 18.1 Å². The molecule has 0 amide bonds. The molecule has 2 aromatic carbocycles. The van der Waals surface area contributed by atoms with Gasteiger partial charge in [-0.2, -0.15) is 0 Å². The van der Waals surface area contributed by atoms with Crippen LogP contribution in [-0.2, 0) is 13.0 Å². The van der Waals surface area contributed by atoms with Crippen molar-refractivity contribution in [2.24, 2.45) is 0 Å². The third-order valence-corrected chi connectivity index (χ3v) is 3.63. The molecule has 4 nitrogen and oxygen atoms in total. The Kier molecular flexibility index (Phi) is 5.31. The van der Waals surface area contributed by atoms with Gasteiger partial charge in [0.2, 0.25) is 0 Å². The normalized spacial score (nSPS) is 12.1. The Morgan fingerprint density at radius 3 is 2.62 bits per heavy atom. The van der Waals surface area contributed by atoms with Crippen LogP contribution in [0, 0.1) is 10.1 Å². The third-order valence-electron chi connectivity index (χ3n) is 3.27. The van der Waals surface area contributed by atoms with Crippen molar-refractivity contribution in [1.82, 2.24) is 5.32 Å². The highest BCUT2D eigenvalue weighted by Gasteiger charge is 2.10. The standard InChI is InChI=1S/C16H17ClN2O2/c1-12(9-13-5-3-2-4-6-13)18-11-14-10-15(19(20)21)7-8-16(14)17/h2-8,10,12,18H,9,11H2,1H3. The molecule has 0 fully saturated rings. The second-order valence-corrected chi connectivity index (χ2v) is 5.41. The summed E-state index contributed by atoms with van der Waals surface area (Å²) >= 11 is 6.08. The summed E-state index contributed by atoms with van der Waals surface area (Å²) in [5.74, 6) is 0. The highest BCUT2D eigenvalue weighted by Crippen LogP contribution is 2.22. The summed E-state index contributed by atoms with van der Waals surface area (Å²) in [6, 6.07) is 14.9. The van der Waals surface area contributed by atoms with Crippen molar-refractivity contribution in [3.8, 4) is 0 Å². The summed E-state index contributed by atoms with van der Waals surface area (Å²) in [6.07, 6.45) is 0.896. The van der Waals surface area contributed by atoms with E-state index in [0.717, 1.165) is 12.0 Å². The van der Waals surface area contributed by atoms with Crippen molar-refractivity contribution >= 4 is 17.3 Å². The van der Waals surface area contributed by atoms with E-state index < -0.39 is 4.92 Å². The zero-order valence-electron chi connectivity index (χ0n) is 11.8. The topological polar surface area (TPSA) is 55.2 Å². The largest absolute Gasteiger partial charge is 0.310 e. The molecule has 5 heteroatoms. The van der Waals surface area contributed by atoms with Gasteiger partial charge in [0.25, 0.3) is 5.69 Å². The predicted octanol–water partition coefficient (Wildman–Crippen LogP) is 3.97. The Bertz CT molecular complexity index is 617. The van der Waals surface area contributed by atoms with Gasteiger partial charge in [-0.15, -0.1) is 0 Å². The summed E-state index contributed by atoms with van der Waals surface area (Å²) in [6.45, 7) is 2.59. The summed E-state index contributed by atoms with van der Waals surface area (Å²) in [5.41, 5.74) is 2.06. The lowest BCUT2D eigenvalue weighted by molar-refractivity contribution is -0.384. The Balaban J connectivity index is 1.96. The fourth-order valence-corrected chi connectivity index (χ4v) is 2.32. The van der Waals surface area contributed by atoms with Gasteiger partial charge in [-0.3, -0.25) is 10.1 Å². The van der Waals surface area contributed by atoms with E-state index in [1.165, 1.54) is 17.7 Å². The summed E-state index contributed by atoms with van der Waals surface area (Å²) < 4.78 is 0. The number of hydrogen-bond acceptors (Lipinski definition) is 3. The molecule has 0 aliphatic rings. The fourth-order valence-electron chi connectivity index (χ4n) is 2.13. The maximum atomic E-state index is 10.8. The number of non-ortho nitro benzene ring substituents is 1. The minimum absolute atomic E-state index is 0.0620. The fraction of sp³-hybridized carbons (Fsp3) is 0.250. The van der Waals surface area contributed by atoms with Crippen LogP contribution in [0.4, 0.5) is 5.69 Å². The summed E-state index contributed by atoms with van der Waals surface area (Å²) in [5, 5.41) is 14.7. The van der Waals surface area contributed by atoms with Crippen molar-refractivity contribution in [2.75, 3.05) is 0 Å². The number of halogens is 1. The van der Waals surface area contributed by atoms with Crippen LogP contribution in [0.3, 0.4) is 0 Å². The van der Waals surface area contributed by atoms with Gasteiger partial charge < -0.3 is 5.32 Å². The van der Waals surface area contributed by atoms with Crippen LogP contribution in [-0.4, -0.2) is 11.0 Å². The molecule has 0 radical (unpaired) electrons. The lowest BCUT2D eigenvalue weighted by Gasteiger charge is -2.14. The van der Waals surface area contributed by atoms with Crippen LogP contribution in [0.2, 0.25) is 5.02 Å². The maximum Gasteiger partial charge on any atom is 0.269 e. The van der Waals surface area contributed by atoms with Crippen LogP contribution >= 0.6 is 11.6 Å². The number of nitro benzene ring substituents is 1. The van der Waals surface area contributed by atoms with Crippen molar-refractivity contribution in [3.05, 3.63) is 74.8 Å². The molecule has 0 aliphatic heterocycles. The quantitative estimate of drug-likeness (QED) is 0.649. The van der Waals surface area contributed by atoms with Gasteiger partial charge in [0, 0.05) is 29.7 Å². The molecule has 0 heterocycles. The molecule has 0 saturated heterocycles. The van der Waals surface area contributed by atoms with Crippen molar-refractivity contribution in [2.45, 2.75) is 25.9 Å². The number of nitrogens with zero attached hydrogens (tertiary/aromatic N) is 1. The summed E-state index contributed by atoms with van der Waals surface area (Å²) in [4.78, 5) is 10.4. The third kappa shape index (κ3) is 4.55. The average molecular weight is 305 g/mol. The van der Waals surface area contributed by atoms with Crippen LogP contribution in [0.25, 0.3) is 0 Å². The molecule has 2 aromatic rings. The van der Waals surface area contributed by atoms with Gasteiger partial charge in [-0.1, -0.05) is 41.9 Å². The molecule has 1 unspecified atom stereocenters. The first kappa shape index (κ1) is 15.5. The molecule has 110 valence electrons. The summed E-state index contributed by atoms with van der Waals surface area (Å²) in [7, 11) is 0. The molecule has 2 rings (SSSR count). The second-order valence-electron chi connectivity index (χ2n) is 5.00. The van der Waals surface area contributed by atoms with E-state index in [0.29, 0.717) is 11.6 Å². The van der Waals surface area contributed by atoms with E-state index in [-0.39, 0.29) is 11.7 Å². The van der Waals surface area contributed by atoms with E-state index in [1.54, 1.807) is 6.07 Å². The first-order valence-corrected chi connectivity index (χ1v) is 7.14. The number of hydrogen-bond donors (Lipinski definition) is 1. The zero-order chi connectivity index (χ0) is 15.2. The van der Waals surface area contributed by atoms with Gasteiger partial charge in [-0.25, -0.2) is 0 Å². The zero-order valence-corrected chi connectivity index (χ0v) is 12.5.